The second-order valence-corrected chi connectivity index (χ2v) is 5.78. The normalized spacial score (nSPS) is 10.3. The minimum atomic E-state index is -0.515. The molecule has 7 heteroatoms. The first-order valence-electron chi connectivity index (χ1n) is 7.23. The number of nitrogens with one attached hydrogen (secondary N) is 2. The van der Waals surface area contributed by atoms with E-state index in [1.807, 2.05) is 6.07 Å². The van der Waals surface area contributed by atoms with E-state index in [-0.39, 0.29) is 5.91 Å². The molecule has 0 saturated carbocycles. The maximum atomic E-state index is 11.7. The molecule has 3 amide bonds. The predicted octanol–water partition coefficient (Wildman–Crippen LogP) is 2.88. The van der Waals surface area contributed by atoms with Crippen LogP contribution in [0.2, 0.25) is 10.0 Å². The average molecular weight is 346 g/mol. The van der Waals surface area contributed by atoms with Crippen LogP contribution in [0, 0.1) is 0 Å². The minimum absolute atomic E-state index is 0.0212. The molecule has 122 valence electrons. The van der Waals surface area contributed by atoms with Gasteiger partial charge in [-0.05, 0) is 37.0 Å². The fourth-order valence-electron chi connectivity index (χ4n) is 1.95. The molecule has 0 aliphatic carbocycles. The summed E-state index contributed by atoms with van der Waals surface area (Å²) >= 11 is 11.9. The standard InChI is InChI=1S/C15H21Cl2N3O2/c16-12-6-5-11(13(17)10-12)7-9-19-14(21)4-2-1-3-8-20-15(18)22/h5-6,10H,1-4,7-9H2,(H,19,21)(H3,18,20,22). The van der Waals surface area contributed by atoms with Crippen molar-refractivity contribution in [3.8, 4) is 0 Å². The predicted molar refractivity (Wildman–Crippen MR) is 89.2 cm³/mol. The van der Waals surface area contributed by atoms with Gasteiger partial charge in [-0.15, -0.1) is 0 Å². The Morgan fingerprint density at radius 2 is 1.82 bits per heavy atom. The Balaban J connectivity index is 2.09. The highest BCUT2D eigenvalue weighted by Crippen LogP contribution is 2.21. The summed E-state index contributed by atoms with van der Waals surface area (Å²) in [5, 5.41) is 6.59. The Hall–Kier alpha value is -1.46. The highest BCUT2D eigenvalue weighted by atomic mass is 35.5. The van der Waals surface area contributed by atoms with Crippen LogP contribution >= 0.6 is 23.2 Å². The Bertz CT molecular complexity index is 510. The zero-order valence-corrected chi connectivity index (χ0v) is 13.8. The van der Waals surface area contributed by atoms with Crippen LogP contribution in [-0.2, 0) is 11.2 Å². The summed E-state index contributed by atoms with van der Waals surface area (Å²) in [6.45, 7) is 1.09. The molecule has 0 fully saturated rings. The van der Waals surface area contributed by atoms with Crippen molar-refractivity contribution in [2.75, 3.05) is 13.1 Å². The Morgan fingerprint density at radius 1 is 1.05 bits per heavy atom. The van der Waals surface area contributed by atoms with E-state index in [0.717, 1.165) is 24.8 Å². The van der Waals surface area contributed by atoms with Gasteiger partial charge in [-0.1, -0.05) is 35.7 Å². The smallest absolute Gasteiger partial charge is 0.312 e. The number of amides is 3. The summed E-state index contributed by atoms with van der Waals surface area (Å²) in [6, 6.07) is 4.83. The zero-order chi connectivity index (χ0) is 16.4. The number of carbonyl (C=O) groups is 2. The molecule has 0 radical (unpaired) electrons. The molecule has 1 aromatic rings. The van der Waals surface area contributed by atoms with Gasteiger partial charge in [0, 0.05) is 29.6 Å². The van der Waals surface area contributed by atoms with E-state index in [1.165, 1.54) is 0 Å². The fourth-order valence-corrected chi connectivity index (χ4v) is 2.45. The lowest BCUT2D eigenvalue weighted by Gasteiger charge is -2.07. The lowest BCUT2D eigenvalue weighted by molar-refractivity contribution is -0.121. The topological polar surface area (TPSA) is 84.2 Å². The van der Waals surface area contributed by atoms with Crippen molar-refractivity contribution < 1.29 is 9.59 Å². The summed E-state index contributed by atoms with van der Waals surface area (Å²) in [4.78, 5) is 22.1. The maximum Gasteiger partial charge on any atom is 0.312 e. The number of unbranched alkanes of at least 4 members (excludes halogenated alkanes) is 2. The average Bonchev–Trinajstić information content (AvgIpc) is 2.44. The third-order valence-electron chi connectivity index (χ3n) is 3.11. The van der Waals surface area contributed by atoms with Gasteiger partial charge in [0.25, 0.3) is 0 Å². The van der Waals surface area contributed by atoms with Gasteiger partial charge in [0.15, 0.2) is 0 Å². The van der Waals surface area contributed by atoms with Crippen LogP contribution in [0.15, 0.2) is 18.2 Å². The molecule has 0 bridgehead atoms. The first kappa shape index (κ1) is 18.6. The van der Waals surface area contributed by atoms with Crippen molar-refractivity contribution in [3.05, 3.63) is 33.8 Å². The molecule has 0 spiro atoms. The van der Waals surface area contributed by atoms with Gasteiger partial charge in [0.05, 0.1) is 0 Å². The number of hydrogen-bond acceptors (Lipinski definition) is 2. The van der Waals surface area contributed by atoms with Crippen molar-refractivity contribution in [2.24, 2.45) is 5.73 Å². The molecule has 0 unspecified atom stereocenters. The number of halogens is 2. The lowest BCUT2D eigenvalue weighted by atomic mass is 10.1. The first-order valence-corrected chi connectivity index (χ1v) is 7.98. The van der Waals surface area contributed by atoms with Crippen molar-refractivity contribution in [1.82, 2.24) is 10.6 Å². The van der Waals surface area contributed by atoms with Crippen LogP contribution in [-0.4, -0.2) is 25.0 Å². The van der Waals surface area contributed by atoms with E-state index in [0.29, 0.717) is 36.0 Å². The number of carbonyl (C=O) groups excluding carboxylic acids is 2. The number of urea groups is 1. The van der Waals surface area contributed by atoms with E-state index < -0.39 is 6.03 Å². The quantitative estimate of drug-likeness (QED) is 0.601. The Morgan fingerprint density at radius 3 is 2.50 bits per heavy atom. The molecule has 0 aromatic heterocycles. The van der Waals surface area contributed by atoms with Crippen LogP contribution in [0.3, 0.4) is 0 Å². The summed E-state index contributed by atoms with van der Waals surface area (Å²) in [5.41, 5.74) is 5.91. The molecule has 1 rings (SSSR count). The van der Waals surface area contributed by atoms with Gasteiger partial charge in [-0.3, -0.25) is 4.79 Å². The SMILES string of the molecule is NC(=O)NCCCCCC(=O)NCCc1ccc(Cl)cc1Cl. The third-order valence-corrected chi connectivity index (χ3v) is 3.70. The van der Waals surface area contributed by atoms with Gasteiger partial charge < -0.3 is 16.4 Å². The van der Waals surface area contributed by atoms with Gasteiger partial charge >= 0.3 is 6.03 Å². The van der Waals surface area contributed by atoms with Crippen molar-refractivity contribution in [2.45, 2.75) is 32.1 Å². The monoisotopic (exact) mass is 345 g/mol. The molecule has 22 heavy (non-hydrogen) atoms. The van der Waals surface area contributed by atoms with E-state index in [4.69, 9.17) is 28.9 Å². The molecule has 0 aliphatic rings. The number of primary amides is 1. The number of nitrogens with two attached hydrogens (primary N) is 1. The van der Waals surface area contributed by atoms with Gasteiger partial charge in [-0.25, -0.2) is 4.79 Å². The molecule has 1 aromatic carbocycles. The molecule has 0 saturated heterocycles. The molecule has 0 aliphatic heterocycles. The van der Waals surface area contributed by atoms with Gasteiger partial charge in [-0.2, -0.15) is 0 Å². The van der Waals surface area contributed by atoms with Crippen molar-refractivity contribution in [1.29, 1.82) is 0 Å². The second kappa shape index (κ2) is 10.3. The second-order valence-electron chi connectivity index (χ2n) is 4.94. The maximum absolute atomic E-state index is 11.7. The van der Waals surface area contributed by atoms with Crippen LogP contribution in [0.1, 0.15) is 31.2 Å². The first-order chi connectivity index (χ1) is 10.5. The molecular weight excluding hydrogens is 325 g/mol. The highest BCUT2D eigenvalue weighted by molar-refractivity contribution is 6.35. The van der Waals surface area contributed by atoms with Crippen molar-refractivity contribution >= 4 is 35.1 Å². The number of rotatable bonds is 9. The molecular formula is C15H21Cl2N3O2. The van der Waals surface area contributed by atoms with Crippen LogP contribution in [0.5, 0.6) is 0 Å². The van der Waals surface area contributed by atoms with Crippen LogP contribution < -0.4 is 16.4 Å². The largest absolute Gasteiger partial charge is 0.356 e. The fraction of sp³-hybridized carbons (Fsp3) is 0.467. The molecule has 5 nitrogen and oxygen atoms in total. The van der Waals surface area contributed by atoms with Gasteiger partial charge in [0.2, 0.25) is 5.91 Å². The van der Waals surface area contributed by atoms with E-state index in [2.05, 4.69) is 10.6 Å². The molecule has 0 heterocycles. The third kappa shape index (κ3) is 8.10. The van der Waals surface area contributed by atoms with Crippen LogP contribution in [0.4, 0.5) is 4.79 Å². The molecule has 0 atom stereocenters. The summed E-state index contributed by atoms with van der Waals surface area (Å²) in [5.74, 6) is 0.0212. The van der Waals surface area contributed by atoms with E-state index in [9.17, 15) is 9.59 Å². The zero-order valence-electron chi connectivity index (χ0n) is 12.3. The summed E-state index contributed by atoms with van der Waals surface area (Å²) < 4.78 is 0. The Labute approximate surface area is 140 Å². The number of hydrogen-bond donors (Lipinski definition) is 3. The number of benzene rings is 1. The molecule has 4 N–H and O–H groups in total. The van der Waals surface area contributed by atoms with Crippen LogP contribution in [0.25, 0.3) is 0 Å². The minimum Gasteiger partial charge on any atom is -0.356 e. The highest BCUT2D eigenvalue weighted by Gasteiger charge is 2.04. The van der Waals surface area contributed by atoms with Gasteiger partial charge in [0.1, 0.15) is 0 Å². The lowest BCUT2D eigenvalue weighted by Crippen LogP contribution is -2.30. The van der Waals surface area contributed by atoms with E-state index >= 15 is 0 Å². The summed E-state index contributed by atoms with van der Waals surface area (Å²) in [7, 11) is 0. The summed E-state index contributed by atoms with van der Waals surface area (Å²) in [6.07, 6.45) is 3.62. The Kier molecular flexibility index (Phi) is 8.70. The van der Waals surface area contributed by atoms with E-state index in [1.54, 1.807) is 12.1 Å². The van der Waals surface area contributed by atoms with Crippen molar-refractivity contribution in [3.63, 3.8) is 0 Å².